The molecule has 1 aromatic heterocycles. The topological polar surface area (TPSA) is 72.9 Å². The number of amides is 1. The first-order chi connectivity index (χ1) is 10.1. The number of fused-ring (bicyclic) bond motifs is 1. The number of carbonyl (C=O) groups excluding carboxylic acids is 1. The molecule has 0 spiro atoms. The number of hydrogen-bond donors (Lipinski definition) is 2. The Hall–Kier alpha value is -2.34. The summed E-state index contributed by atoms with van der Waals surface area (Å²) in [7, 11) is 1.70. The number of anilines is 2. The van der Waals surface area contributed by atoms with Gasteiger partial charge in [0.1, 0.15) is 11.4 Å². The van der Waals surface area contributed by atoms with E-state index >= 15 is 0 Å². The largest absolute Gasteiger partial charge is 0.383 e. The summed E-state index contributed by atoms with van der Waals surface area (Å²) in [5, 5.41) is 8.87. The predicted molar refractivity (Wildman–Crippen MR) is 87.2 cm³/mol. The van der Waals surface area contributed by atoms with Crippen molar-refractivity contribution in [1.29, 1.82) is 0 Å². The van der Waals surface area contributed by atoms with Crippen molar-refractivity contribution in [3.8, 4) is 0 Å². The Kier molecular flexibility index (Phi) is 3.39. The van der Waals surface area contributed by atoms with Gasteiger partial charge in [-0.15, -0.1) is 0 Å². The van der Waals surface area contributed by atoms with Crippen LogP contribution in [0.2, 0.25) is 0 Å². The first-order valence-electron chi connectivity index (χ1n) is 6.34. The van der Waals surface area contributed by atoms with Gasteiger partial charge in [-0.2, -0.15) is 5.10 Å². The van der Waals surface area contributed by atoms with Gasteiger partial charge in [-0.3, -0.25) is 9.48 Å². The minimum Gasteiger partial charge on any atom is -0.383 e. The molecule has 3 rings (SSSR count). The summed E-state index contributed by atoms with van der Waals surface area (Å²) < 4.78 is 2.45. The maximum atomic E-state index is 12.3. The highest BCUT2D eigenvalue weighted by Gasteiger charge is 2.15. The average Bonchev–Trinajstić information content (AvgIpc) is 2.82. The second-order valence-electron chi connectivity index (χ2n) is 4.66. The summed E-state index contributed by atoms with van der Waals surface area (Å²) in [6.45, 7) is 0. The predicted octanol–water partition coefficient (Wildman–Crippen LogP) is 3.17. The fourth-order valence-electron chi connectivity index (χ4n) is 2.18. The molecule has 0 aliphatic heterocycles. The molecule has 6 heteroatoms. The molecule has 3 N–H and O–H groups in total. The van der Waals surface area contributed by atoms with Gasteiger partial charge in [0.25, 0.3) is 5.91 Å². The molecule has 0 bridgehead atoms. The number of nitrogens with zero attached hydrogens (tertiary/aromatic N) is 2. The van der Waals surface area contributed by atoms with Crippen LogP contribution in [-0.2, 0) is 7.05 Å². The number of nitrogens with two attached hydrogens (primary N) is 1. The lowest BCUT2D eigenvalue weighted by atomic mass is 10.1. The molecule has 0 fully saturated rings. The second-order valence-corrected chi connectivity index (χ2v) is 5.52. The molecular formula is C15H13BrN4O. The van der Waals surface area contributed by atoms with E-state index in [0.717, 1.165) is 20.9 Å². The van der Waals surface area contributed by atoms with Crippen LogP contribution in [0, 0.1) is 0 Å². The third kappa shape index (κ3) is 2.38. The molecule has 0 unspecified atom stereocenters. The summed E-state index contributed by atoms with van der Waals surface area (Å²) in [5.41, 5.74) is 6.93. The van der Waals surface area contributed by atoms with Crippen molar-refractivity contribution in [2.75, 3.05) is 11.1 Å². The van der Waals surface area contributed by atoms with Crippen molar-refractivity contribution in [3.63, 3.8) is 0 Å². The van der Waals surface area contributed by atoms with Crippen LogP contribution >= 0.6 is 15.9 Å². The van der Waals surface area contributed by atoms with Gasteiger partial charge in [0, 0.05) is 22.6 Å². The Morgan fingerprint density at radius 3 is 2.62 bits per heavy atom. The zero-order valence-corrected chi connectivity index (χ0v) is 12.9. The van der Waals surface area contributed by atoms with Gasteiger partial charge in [0.2, 0.25) is 0 Å². The molecule has 0 aliphatic carbocycles. The monoisotopic (exact) mass is 344 g/mol. The lowest BCUT2D eigenvalue weighted by Gasteiger charge is -2.09. The standard InChI is InChI=1S/C15H13BrN4O/c1-20-14(17)11(8-18-20)15(21)19-13-7-6-12(16)9-4-2-3-5-10(9)13/h2-8H,17H2,1H3,(H,19,21). The van der Waals surface area contributed by atoms with Gasteiger partial charge in [0.05, 0.1) is 6.20 Å². The minimum atomic E-state index is -0.270. The van der Waals surface area contributed by atoms with Crippen molar-refractivity contribution in [2.24, 2.45) is 7.05 Å². The summed E-state index contributed by atoms with van der Waals surface area (Å²) >= 11 is 3.51. The number of halogens is 1. The molecule has 0 radical (unpaired) electrons. The Morgan fingerprint density at radius 1 is 1.24 bits per heavy atom. The van der Waals surface area contributed by atoms with Gasteiger partial charge >= 0.3 is 0 Å². The highest BCUT2D eigenvalue weighted by atomic mass is 79.9. The molecule has 106 valence electrons. The van der Waals surface area contributed by atoms with E-state index in [0.29, 0.717) is 11.4 Å². The molecule has 21 heavy (non-hydrogen) atoms. The van der Waals surface area contributed by atoms with Crippen LogP contribution in [0.1, 0.15) is 10.4 Å². The van der Waals surface area contributed by atoms with E-state index in [-0.39, 0.29) is 5.91 Å². The smallest absolute Gasteiger partial charge is 0.261 e. The van der Waals surface area contributed by atoms with Crippen molar-refractivity contribution >= 4 is 44.1 Å². The van der Waals surface area contributed by atoms with Crippen LogP contribution in [0.25, 0.3) is 10.8 Å². The lowest BCUT2D eigenvalue weighted by molar-refractivity contribution is 0.102. The third-order valence-corrected chi connectivity index (χ3v) is 4.04. The zero-order chi connectivity index (χ0) is 15.0. The van der Waals surface area contributed by atoms with Crippen molar-refractivity contribution in [2.45, 2.75) is 0 Å². The second kappa shape index (κ2) is 5.21. The maximum Gasteiger partial charge on any atom is 0.261 e. The summed E-state index contributed by atoms with van der Waals surface area (Å²) in [6, 6.07) is 11.6. The van der Waals surface area contributed by atoms with Gasteiger partial charge < -0.3 is 11.1 Å². The highest BCUT2D eigenvalue weighted by Crippen LogP contribution is 2.30. The van der Waals surface area contributed by atoms with Crippen LogP contribution in [0.15, 0.2) is 47.1 Å². The molecule has 0 atom stereocenters. The number of aromatic nitrogens is 2. The van der Waals surface area contributed by atoms with Crippen molar-refractivity contribution in [1.82, 2.24) is 9.78 Å². The van der Waals surface area contributed by atoms with Crippen LogP contribution < -0.4 is 11.1 Å². The number of nitrogens with one attached hydrogen (secondary N) is 1. The maximum absolute atomic E-state index is 12.3. The van der Waals surface area contributed by atoms with Crippen LogP contribution in [0.5, 0.6) is 0 Å². The average molecular weight is 345 g/mol. The molecule has 3 aromatic rings. The Labute approximate surface area is 129 Å². The summed E-state index contributed by atoms with van der Waals surface area (Å²) in [5.74, 6) is 0.0713. The van der Waals surface area contributed by atoms with Crippen LogP contribution in [-0.4, -0.2) is 15.7 Å². The van der Waals surface area contributed by atoms with E-state index in [1.165, 1.54) is 10.9 Å². The Bertz CT molecular complexity index is 841. The number of carbonyl (C=O) groups is 1. The van der Waals surface area contributed by atoms with E-state index in [1.54, 1.807) is 7.05 Å². The molecule has 0 saturated carbocycles. The summed E-state index contributed by atoms with van der Waals surface area (Å²) in [6.07, 6.45) is 1.46. The Morgan fingerprint density at radius 2 is 1.95 bits per heavy atom. The van der Waals surface area contributed by atoms with E-state index in [4.69, 9.17) is 5.73 Å². The van der Waals surface area contributed by atoms with Crippen molar-refractivity contribution in [3.05, 3.63) is 52.6 Å². The van der Waals surface area contributed by atoms with Gasteiger partial charge in [-0.25, -0.2) is 0 Å². The van der Waals surface area contributed by atoms with E-state index in [1.807, 2.05) is 36.4 Å². The van der Waals surface area contributed by atoms with Crippen LogP contribution in [0.3, 0.4) is 0 Å². The van der Waals surface area contributed by atoms with E-state index < -0.39 is 0 Å². The van der Waals surface area contributed by atoms with E-state index in [9.17, 15) is 4.79 Å². The van der Waals surface area contributed by atoms with Gasteiger partial charge in [0.15, 0.2) is 0 Å². The fraction of sp³-hybridized carbons (Fsp3) is 0.0667. The minimum absolute atomic E-state index is 0.270. The van der Waals surface area contributed by atoms with Crippen molar-refractivity contribution < 1.29 is 4.79 Å². The lowest BCUT2D eigenvalue weighted by Crippen LogP contribution is -2.14. The number of rotatable bonds is 2. The van der Waals surface area contributed by atoms with E-state index in [2.05, 4.69) is 26.3 Å². The first-order valence-corrected chi connectivity index (χ1v) is 7.13. The molecule has 1 heterocycles. The fourth-order valence-corrected chi connectivity index (χ4v) is 2.66. The quantitative estimate of drug-likeness (QED) is 0.749. The van der Waals surface area contributed by atoms with Gasteiger partial charge in [-0.1, -0.05) is 40.2 Å². The summed E-state index contributed by atoms with van der Waals surface area (Å²) in [4.78, 5) is 12.3. The normalized spacial score (nSPS) is 10.8. The number of hydrogen-bond acceptors (Lipinski definition) is 3. The highest BCUT2D eigenvalue weighted by molar-refractivity contribution is 9.10. The van der Waals surface area contributed by atoms with Crippen LogP contribution in [0.4, 0.5) is 11.5 Å². The molecule has 5 nitrogen and oxygen atoms in total. The molecule has 1 amide bonds. The zero-order valence-electron chi connectivity index (χ0n) is 11.3. The van der Waals surface area contributed by atoms with Gasteiger partial charge in [-0.05, 0) is 17.5 Å². The molecule has 0 aliphatic rings. The Balaban J connectivity index is 2.01. The number of aryl methyl sites for hydroxylation is 1. The first kappa shape index (κ1) is 13.6. The number of nitrogen functional groups attached to an aromatic ring is 1. The molecule has 2 aromatic carbocycles. The number of benzene rings is 2. The molecular weight excluding hydrogens is 332 g/mol. The molecule has 0 saturated heterocycles. The third-order valence-electron chi connectivity index (χ3n) is 3.35. The SMILES string of the molecule is Cn1ncc(C(=O)Nc2ccc(Br)c3ccccc23)c1N.